The number of hydrogen-bond acceptors (Lipinski definition) is 3. The third-order valence-corrected chi connectivity index (χ3v) is 2.42. The molecule has 0 aliphatic rings. The molecule has 1 amide bonds. The molecule has 0 bridgehead atoms. The first-order chi connectivity index (χ1) is 7.07. The van der Waals surface area contributed by atoms with Crippen LogP contribution in [-0.2, 0) is 0 Å². The molecule has 0 saturated carbocycles. The predicted molar refractivity (Wildman–Crippen MR) is 55.2 cm³/mol. The number of amides is 1. The number of carbonyl (C=O) groups excluding carboxylic acids is 1. The number of nitriles is 1. The summed E-state index contributed by atoms with van der Waals surface area (Å²) in [5, 5.41) is 8.54. The lowest BCUT2D eigenvalue weighted by Crippen LogP contribution is -2.34. The number of hydrogen-bond donors (Lipinski definition) is 0. The summed E-state index contributed by atoms with van der Waals surface area (Å²) in [6.45, 7) is 3.65. The van der Waals surface area contributed by atoms with Crippen molar-refractivity contribution in [2.45, 2.75) is 26.3 Å². The first-order valence-corrected chi connectivity index (χ1v) is 4.76. The number of carbonyl (C=O) groups is 1. The standard InChI is InChI=1S/C11H14N2O2/c1-8-5-7-15-10(8)11(14)13(3)9(2)4-6-12/h5,7,9H,4H2,1-3H3. The van der Waals surface area contributed by atoms with Crippen molar-refractivity contribution >= 4 is 5.91 Å². The molecule has 0 aromatic carbocycles. The van der Waals surface area contributed by atoms with E-state index in [9.17, 15) is 4.79 Å². The van der Waals surface area contributed by atoms with Crippen molar-refractivity contribution in [2.24, 2.45) is 0 Å². The van der Waals surface area contributed by atoms with Crippen LogP contribution < -0.4 is 0 Å². The Balaban J connectivity index is 2.78. The zero-order valence-corrected chi connectivity index (χ0v) is 9.15. The van der Waals surface area contributed by atoms with Crippen LogP contribution in [0.15, 0.2) is 16.7 Å². The van der Waals surface area contributed by atoms with Gasteiger partial charge in [0.2, 0.25) is 0 Å². The molecule has 15 heavy (non-hydrogen) atoms. The highest BCUT2D eigenvalue weighted by atomic mass is 16.3. The third-order valence-electron chi connectivity index (χ3n) is 2.42. The Morgan fingerprint density at radius 2 is 2.40 bits per heavy atom. The highest BCUT2D eigenvalue weighted by molar-refractivity contribution is 5.92. The largest absolute Gasteiger partial charge is 0.459 e. The van der Waals surface area contributed by atoms with E-state index in [0.717, 1.165) is 5.56 Å². The fourth-order valence-electron chi connectivity index (χ4n) is 1.22. The molecule has 0 fully saturated rings. The van der Waals surface area contributed by atoms with Crippen molar-refractivity contribution in [1.29, 1.82) is 5.26 Å². The maximum absolute atomic E-state index is 11.9. The monoisotopic (exact) mass is 206 g/mol. The van der Waals surface area contributed by atoms with Crippen molar-refractivity contribution in [2.75, 3.05) is 7.05 Å². The van der Waals surface area contributed by atoms with E-state index in [1.807, 2.05) is 19.9 Å². The summed E-state index contributed by atoms with van der Waals surface area (Å²) in [6.07, 6.45) is 1.81. The van der Waals surface area contributed by atoms with Gasteiger partial charge in [0.05, 0.1) is 18.8 Å². The van der Waals surface area contributed by atoms with E-state index in [1.165, 1.54) is 11.2 Å². The third kappa shape index (κ3) is 2.38. The zero-order chi connectivity index (χ0) is 11.4. The van der Waals surface area contributed by atoms with Gasteiger partial charge in [0, 0.05) is 18.7 Å². The molecule has 0 spiro atoms. The molecular formula is C11H14N2O2. The highest BCUT2D eigenvalue weighted by Crippen LogP contribution is 2.13. The van der Waals surface area contributed by atoms with Crippen LogP contribution in [0.25, 0.3) is 0 Å². The Labute approximate surface area is 89.1 Å². The van der Waals surface area contributed by atoms with Gasteiger partial charge in [0.1, 0.15) is 0 Å². The fourth-order valence-corrected chi connectivity index (χ4v) is 1.22. The normalized spacial score (nSPS) is 11.9. The van der Waals surface area contributed by atoms with Gasteiger partial charge in [0.25, 0.3) is 5.91 Å². The molecule has 1 aromatic rings. The number of aryl methyl sites for hydroxylation is 1. The van der Waals surface area contributed by atoms with Gasteiger partial charge in [-0.15, -0.1) is 0 Å². The Hall–Kier alpha value is -1.76. The predicted octanol–water partition coefficient (Wildman–Crippen LogP) is 1.96. The molecule has 1 atom stereocenters. The average molecular weight is 206 g/mol. The quantitative estimate of drug-likeness (QED) is 0.759. The zero-order valence-electron chi connectivity index (χ0n) is 9.15. The summed E-state index contributed by atoms with van der Waals surface area (Å²) in [7, 11) is 1.67. The lowest BCUT2D eigenvalue weighted by Gasteiger charge is -2.21. The second-order valence-electron chi connectivity index (χ2n) is 3.56. The molecule has 1 heterocycles. The van der Waals surface area contributed by atoms with E-state index in [-0.39, 0.29) is 11.9 Å². The molecule has 0 aliphatic carbocycles. The summed E-state index contributed by atoms with van der Waals surface area (Å²) >= 11 is 0. The maximum Gasteiger partial charge on any atom is 0.289 e. The first kappa shape index (κ1) is 11.3. The maximum atomic E-state index is 11.9. The Morgan fingerprint density at radius 3 is 2.87 bits per heavy atom. The minimum atomic E-state index is -0.180. The average Bonchev–Trinajstić information content (AvgIpc) is 2.62. The molecule has 0 aliphatic heterocycles. The smallest absolute Gasteiger partial charge is 0.289 e. The lowest BCUT2D eigenvalue weighted by atomic mass is 10.2. The van der Waals surface area contributed by atoms with E-state index in [0.29, 0.717) is 12.2 Å². The van der Waals surface area contributed by atoms with Crippen molar-refractivity contribution < 1.29 is 9.21 Å². The van der Waals surface area contributed by atoms with Gasteiger partial charge in [0.15, 0.2) is 5.76 Å². The van der Waals surface area contributed by atoms with E-state index in [1.54, 1.807) is 13.1 Å². The van der Waals surface area contributed by atoms with Crippen LogP contribution in [0.2, 0.25) is 0 Å². The van der Waals surface area contributed by atoms with Gasteiger partial charge < -0.3 is 9.32 Å². The molecule has 1 unspecified atom stereocenters. The summed E-state index contributed by atoms with van der Waals surface area (Å²) in [5.74, 6) is 0.169. The second kappa shape index (κ2) is 4.65. The van der Waals surface area contributed by atoms with Crippen LogP contribution in [0.1, 0.15) is 29.5 Å². The van der Waals surface area contributed by atoms with E-state index in [2.05, 4.69) is 0 Å². The van der Waals surface area contributed by atoms with Gasteiger partial charge in [-0.3, -0.25) is 4.79 Å². The van der Waals surface area contributed by atoms with Crippen LogP contribution in [-0.4, -0.2) is 23.9 Å². The first-order valence-electron chi connectivity index (χ1n) is 4.76. The molecule has 80 valence electrons. The molecule has 1 aromatic heterocycles. The minimum Gasteiger partial charge on any atom is -0.459 e. The van der Waals surface area contributed by atoms with Crippen LogP contribution in [0.3, 0.4) is 0 Å². The van der Waals surface area contributed by atoms with Gasteiger partial charge in [-0.2, -0.15) is 5.26 Å². The van der Waals surface area contributed by atoms with Crippen LogP contribution in [0, 0.1) is 18.3 Å². The van der Waals surface area contributed by atoms with E-state index < -0.39 is 0 Å². The molecule has 4 nitrogen and oxygen atoms in total. The second-order valence-corrected chi connectivity index (χ2v) is 3.56. The van der Waals surface area contributed by atoms with Gasteiger partial charge in [-0.05, 0) is 19.9 Å². The molecule has 4 heteroatoms. The molecule has 0 N–H and O–H groups in total. The summed E-state index contributed by atoms with van der Waals surface area (Å²) in [5.41, 5.74) is 0.816. The number of rotatable bonds is 3. The minimum absolute atomic E-state index is 0.105. The van der Waals surface area contributed by atoms with Crippen LogP contribution in [0.5, 0.6) is 0 Å². The van der Waals surface area contributed by atoms with E-state index in [4.69, 9.17) is 9.68 Å². The number of furan rings is 1. The van der Waals surface area contributed by atoms with Crippen LogP contribution in [0.4, 0.5) is 0 Å². The lowest BCUT2D eigenvalue weighted by molar-refractivity contribution is 0.0713. The van der Waals surface area contributed by atoms with Crippen LogP contribution >= 0.6 is 0 Å². The van der Waals surface area contributed by atoms with Crippen molar-refractivity contribution in [3.8, 4) is 6.07 Å². The molecule has 0 saturated heterocycles. The Bertz CT molecular complexity index is 390. The fraction of sp³-hybridized carbons (Fsp3) is 0.455. The summed E-state index contributed by atoms with van der Waals surface area (Å²) in [6, 6.07) is 3.68. The Kier molecular flexibility index (Phi) is 3.51. The van der Waals surface area contributed by atoms with E-state index >= 15 is 0 Å². The van der Waals surface area contributed by atoms with Gasteiger partial charge >= 0.3 is 0 Å². The number of nitrogens with zero attached hydrogens (tertiary/aromatic N) is 2. The molecular weight excluding hydrogens is 192 g/mol. The van der Waals surface area contributed by atoms with Crippen molar-refractivity contribution in [1.82, 2.24) is 4.90 Å². The molecule has 1 rings (SSSR count). The SMILES string of the molecule is Cc1ccoc1C(=O)N(C)C(C)CC#N. The van der Waals surface area contributed by atoms with Crippen molar-refractivity contribution in [3.63, 3.8) is 0 Å². The summed E-state index contributed by atoms with van der Waals surface area (Å²) < 4.78 is 5.10. The topological polar surface area (TPSA) is 57.2 Å². The van der Waals surface area contributed by atoms with Gasteiger partial charge in [-0.1, -0.05) is 0 Å². The molecule has 0 radical (unpaired) electrons. The highest BCUT2D eigenvalue weighted by Gasteiger charge is 2.21. The Morgan fingerprint density at radius 1 is 1.73 bits per heavy atom. The van der Waals surface area contributed by atoms with Gasteiger partial charge in [-0.25, -0.2) is 0 Å². The van der Waals surface area contributed by atoms with Crippen molar-refractivity contribution in [3.05, 3.63) is 23.7 Å². The summed E-state index contributed by atoms with van der Waals surface area (Å²) in [4.78, 5) is 13.4.